The van der Waals surface area contributed by atoms with Crippen LogP contribution in [0.3, 0.4) is 0 Å². The summed E-state index contributed by atoms with van der Waals surface area (Å²) in [5.41, 5.74) is 2.25. The van der Waals surface area contributed by atoms with Crippen LogP contribution < -0.4 is 9.64 Å². The Morgan fingerprint density at radius 2 is 1.70 bits per heavy atom. The lowest BCUT2D eigenvalue weighted by Crippen LogP contribution is -2.56. The third-order valence-electron chi connectivity index (χ3n) is 6.15. The monoisotopic (exact) mass is 411 g/mol. The molecule has 160 valence electrons. The molecule has 2 aromatic carbocycles. The van der Waals surface area contributed by atoms with E-state index in [0.29, 0.717) is 6.04 Å². The van der Waals surface area contributed by atoms with Crippen molar-refractivity contribution in [3.63, 3.8) is 0 Å². The highest BCUT2D eigenvalue weighted by molar-refractivity contribution is 5.78. The van der Waals surface area contributed by atoms with Crippen molar-refractivity contribution in [1.29, 1.82) is 0 Å². The van der Waals surface area contributed by atoms with Crippen LogP contribution in [-0.2, 0) is 4.79 Å². The summed E-state index contributed by atoms with van der Waals surface area (Å²) in [6.07, 6.45) is 2.15. The van der Waals surface area contributed by atoms with Crippen molar-refractivity contribution in [2.75, 3.05) is 50.8 Å². The lowest BCUT2D eigenvalue weighted by molar-refractivity contribution is -0.135. The summed E-state index contributed by atoms with van der Waals surface area (Å²) in [5.74, 6) is 0.598. The molecule has 2 heterocycles. The Bertz CT molecular complexity index is 833. The molecule has 0 saturated carbocycles. The Hall–Kier alpha value is -2.60. The largest absolute Gasteiger partial charge is 0.484 e. The molecule has 0 bridgehead atoms. The normalized spacial score (nSPS) is 20.3. The summed E-state index contributed by atoms with van der Waals surface area (Å²) in [6, 6.07) is 14.9. The van der Waals surface area contributed by atoms with Crippen LogP contribution in [0.15, 0.2) is 48.5 Å². The number of nitrogens with zero attached hydrogens (tertiary/aromatic N) is 3. The molecule has 0 N–H and O–H groups in total. The highest BCUT2D eigenvalue weighted by Crippen LogP contribution is 2.21. The lowest BCUT2D eigenvalue weighted by atomic mass is 10.0. The number of carbonyl (C=O) groups excluding carboxylic acids is 1. The van der Waals surface area contributed by atoms with Gasteiger partial charge in [-0.05, 0) is 56.2 Å². The number of hydrogen-bond acceptors (Lipinski definition) is 4. The number of benzene rings is 2. The summed E-state index contributed by atoms with van der Waals surface area (Å²) in [5, 5.41) is 0. The van der Waals surface area contributed by atoms with Crippen molar-refractivity contribution >= 4 is 11.6 Å². The Morgan fingerprint density at radius 1 is 1.00 bits per heavy atom. The van der Waals surface area contributed by atoms with Gasteiger partial charge >= 0.3 is 0 Å². The Morgan fingerprint density at radius 3 is 2.40 bits per heavy atom. The third-order valence-corrected chi connectivity index (χ3v) is 6.15. The number of carbonyl (C=O) groups is 1. The molecule has 30 heavy (non-hydrogen) atoms. The van der Waals surface area contributed by atoms with Crippen LogP contribution >= 0.6 is 0 Å². The van der Waals surface area contributed by atoms with E-state index in [9.17, 15) is 9.18 Å². The molecule has 5 nitrogen and oxygen atoms in total. The first-order chi connectivity index (χ1) is 14.6. The predicted octanol–water partition coefficient (Wildman–Crippen LogP) is 3.33. The molecule has 0 aromatic heterocycles. The number of piperazine rings is 1. The van der Waals surface area contributed by atoms with Crippen LogP contribution in [0.25, 0.3) is 0 Å². The average molecular weight is 412 g/mol. The Kier molecular flexibility index (Phi) is 6.53. The maximum atomic E-state index is 13.2. The minimum absolute atomic E-state index is 0.0604. The molecule has 6 heteroatoms. The molecule has 0 aliphatic carbocycles. The van der Waals surface area contributed by atoms with Gasteiger partial charge in [-0.15, -0.1) is 0 Å². The molecule has 2 saturated heterocycles. The first-order valence-electron chi connectivity index (χ1n) is 10.8. The van der Waals surface area contributed by atoms with Gasteiger partial charge in [0, 0.05) is 51.0 Å². The number of anilines is 1. The maximum Gasteiger partial charge on any atom is 0.260 e. The molecule has 2 aliphatic heterocycles. The highest BCUT2D eigenvalue weighted by atomic mass is 19.1. The highest BCUT2D eigenvalue weighted by Gasteiger charge is 2.30. The van der Waals surface area contributed by atoms with Crippen LogP contribution in [0.5, 0.6) is 5.75 Å². The van der Waals surface area contributed by atoms with Crippen molar-refractivity contribution < 1.29 is 13.9 Å². The summed E-state index contributed by atoms with van der Waals surface area (Å²) in [6.45, 7) is 7.47. The van der Waals surface area contributed by atoms with Crippen molar-refractivity contribution in [3.05, 3.63) is 59.9 Å². The van der Waals surface area contributed by atoms with E-state index in [-0.39, 0.29) is 18.3 Å². The number of ether oxygens (including phenoxy) is 1. The zero-order valence-corrected chi connectivity index (χ0v) is 17.6. The Balaban J connectivity index is 1.26. The van der Waals surface area contributed by atoms with E-state index in [4.69, 9.17) is 4.74 Å². The summed E-state index contributed by atoms with van der Waals surface area (Å²) in [7, 11) is 0. The third kappa shape index (κ3) is 5.11. The number of likely N-dealkylation sites (tertiary alicyclic amines) is 1. The quantitative estimate of drug-likeness (QED) is 0.756. The molecule has 1 amide bonds. The summed E-state index contributed by atoms with van der Waals surface area (Å²) < 4.78 is 18.9. The number of amides is 1. The number of halogens is 1. The molecular weight excluding hydrogens is 381 g/mol. The fraction of sp³-hybridized carbons (Fsp3) is 0.458. The van der Waals surface area contributed by atoms with Gasteiger partial charge in [0.2, 0.25) is 0 Å². The van der Waals surface area contributed by atoms with E-state index in [1.54, 1.807) is 0 Å². The second-order valence-electron chi connectivity index (χ2n) is 8.24. The fourth-order valence-corrected chi connectivity index (χ4v) is 4.35. The topological polar surface area (TPSA) is 36.0 Å². The van der Waals surface area contributed by atoms with Gasteiger partial charge in [-0.2, -0.15) is 0 Å². The van der Waals surface area contributed by atoms with Gasteiger partial charge in [-0.3, -0.25) is 9.69 Å². The summed E-state index contributed by atoms with van der Waals surface area (Å²) >= 11 is 0. The number of piperidine rings is 1. The van der Waals surface area contributed by atoms with Crippen molar-refractivity contribution in [3.8, 4) is 5.75 Å². The average Bonchev–Trinajstić information content (AvgIpc) is 2.79. The van der Waals surface area contributed by atoms with Crippen molar-refractivity contribution in [1.82, 2.24) is 9.80 Å². The van der Waals surface area contributed by atoms with Crippen LogP contribution in [0.2, 0.25) is 0 Å². The first-order valence-corrected chi connectivity index (χ1v) is 10.8. The lowest BCUT2D eigenvalue weighted by Gasteiger charge is -2.44. The molecule has 4 rings (SSSR count). The van der Waals surface area contributed by atoms with E-state index >= 15 is 0 Å². The predicted molar refractivity (Wildman–Crippen MR) is 116 cm³/mol. The number of aryl methyl sites for hydroxylation is 1. The SMILES string of the molecule is Cc1ccc(OCC(=O)N2CCC[C@H](N3CCN(c4ccc(F)cc4)CC3)C2)cc1. The van der Waals surface area contributed by atoms with Gasteiger partial charge in [-0.25, -0.2) is 4.39 Å². The van der Waals surface area contributed by atoms with E-state index in [2.05, 4.69) is 9.80 Å². The Labute approximate surface area is 178 Å². The van der Waals surface area contributed by atoms with E-state index < -0.39 is 0 Å². The van der Waals surface area contributed by atoms with E-state index in [0.717, 1.165) is 63.5 Å². The van der Waals surface area contributed by atoms with Crippen LogP contribution in [0.4, 0.5) is 10.1 Å². The maximum absolute atomic E-state index is 13.2. The molecule has 1 atom stereocenters. The zero-order valence-electron chi connectivity index (χ0n) is 17.6. The van der Waals surface area contributed by atoms with Crippen LogP contribution in [-0.4, -0.2) is 67.6 Å². The minimum atomic E-state index is -0.198. The second kappa shape index (κ2) is 9.47. The van der Waals surface area contributed by atoms with Crippen molar-refractivity contribution in [2.24, 2.45) is 0 Å². The van der Waals surface area contributed by atoms with Crippen LogP contribution in [0.1, 0.15) is 18.4 Å². The first kappa shape index (κ1) is 20.7. The number of hydrogen-bond donors (Lipinski definition) is 0. The standard InChI is InChI=1S/C24H30FN3O2/c1-19-4-10-23(11-5-19)30-18-24(29)28-12-2-3-22(17-28)27-15-13-26(14-16-27)21-8-6-20(25)7-9-21/h4-11,22H,2-3,12-18H2,1H3/t22-/m0/s1. The van der Waals surface area contributed by atoms with Gasteiger partial charge in [0.05, 0.1) is 0 Å². The van der Waals surface area contributed by atoms with Gasteiger partial charge in [-0.1, -0.05) is 17.7 Å². The number of rotatable bonds is 5. The minimum Gasteiger partial charge on any atom is -0.484 e. The second-order valence-corrected chi connectivity index (χ2v) is 8.24. The van der Waals surface area contributed by atoms with Gasteiger partial charge in [0.1, 0.15) is 11.6 Å². The molecular formula is C24H30FN3O2. The molecule has 2 aliphatic rings. The van der Waals surface area contributed by atoms with Crippen molar-refractivity contribution in [2.45, 2.75) is 25.8 Å². The zero-order chi connectivity index (χ0) is 20.9. The van der Waals surface area contributed by atoms with E-state index in [1.807, 2.05) is 48.2 Å². The molecule has 0 radical (unpaired) electrons. The smallest absolute Gasteiger partial charge is 0.260 e. The molecule has 2 aromatic rings. The van der Waals surface area contributed by atoms with Gasteiger partial charge in [0.15, 0.2) is 6.61 Å². The van der Waals surface area contributed by atoms with E-state index in [1.165, 1.54) is 17.7 Å². The molecule has 0 spiro atoms. The van der Waals surface area contributed by atoms with Gasteiger partial charge in [0.25, 0.3) is 5.91 Å². The van der Waals surface area contributed by atoms with Gasteiger partial charge < -0.3 is 14.5 Å². The molecule has 0 unspecified atom stereocenters. The summed E-state index contributed by atoms with van der Waals surface area (Å²) in [4.78, 5) is 19.4. The molecule has 2 fully saturated rings. The fourth-order valence-electron chi connectivity index (χ4n) is 4.35. The van der Waals surface area contributed by atoms with Crippen LogP contribution in [0, 0.1) is 12.7 Å².